The van der Waals surface area contributed by atoms with Crippen molar-refractivity contribution >= 4 is 23.5 Å². The van der Waals surface area contributed by atoms with Gasteiger partial charge in [0.1, 0.15) is 5.60 Å². The van der Waals surface area contributed by atoms with E-state index in [1.165, 1.54) is 6.07 Å². The Labute approximate surface area is 157 Å². The third-order valence-corrected chi connectivity index (χ3v) is 4.24. The Kier molecular flexibility index (Phi) is 4.61. The highest BCUT2D eigenvalue weighted by Gasteiger charge is 2.53. The number of aliphatic hydroxyl groups is 1. The van der Waals surface area contributed by atoms with Crippen molar-refractivity contribution in [2.75, 3.05) is 4.90 Å². The fraction of sp³-hybridized carbons (Fsp3) is 0.286. The van der Waals surface area contributed by atoms with Crippen LogP contribution in [-0.4, -0.2) is 28.5 Å². The molecule has 0 aliphatic carbocycles. The van der Waals surface area contributed by atoms with Crippen LogP contribution in [0.5, 0.6) is 0 Å². The van der Waals surface area contributed by atoms with E-state index in [0.29, 0.717) is 5.56 Å². The monoisotopic (exact) mass is 367 g/mol. The number of Topliss-reactive ketones (excluding diaryl/α,β-unsaturated/α-hetero) is 1. The van der Waals surface area contributed by atoms with Gasteiger partial charge < -0.3 is 9.84 Å². The topological polar surface area (TPSA) is 83.9 Å². The molecule has 0 spiro atoms. The number of carbonyl (C=O) groups is 3. The molecule has 0 aromatic heterocycles. The quantitative estimate of drug-likeness (QED) is 0.840. The van der Waals surface area contributed by atoms with Gasteiger partial charge in [0, 0.05) is 11.1 Å². The van der Waals surface area contributed by atoms with Crippen LogP contribution in [0.15, 0.2) is 54.6 Å². The third kappa shape index (κ3) is 3.48. The number of ketones is 1. The van der Waals surface area contributed by atoms with E-state index in [0.717, 1.165) is 4.90 Å². The Morgan fingerprint density at radius 3 is 2.26 bits per heavy atom. The minimum absolute atomic E-state index is 0.213. The average molecular weight is 367 g/mol. The second-order valence-corrected chi connectivity index (χ2v) is 7.46. The van der Waals surface area contributed by atoms with Gasteiger partial charge in [-0.1, -0.05) is 48.5 Å². The summed E-state index contributed by atoms with van der Waals surface area (Å²) in [5, 5.41) is 11.1. The number of nitrogens with zero attached hydrogens (tertiary/aromatic N) is 1. The minimum atomic E-state index is -2.12. The molecule has 3 rings (SSSR count). The molecule has 1 aliphatic rings. The zero-order chi connectivity index (χ0) is 19.8. The fourth-order valence-electron chi connectivity index (χ4n) is 3.05. The van der Waals surface area contributed by atoms with Gasteiger partial charge >= 0.3 is 6.09 Å². The maximum atomic E-state index is 13.0. The van der Waals surface area contributed by atoms with Crippen LogP contribution in [0.2, 0.25) is 0 Å². The van der Waals surface area contributed by atoms with Crippen LogP contribution in [0.4, 0.5) is 10.5 Å². The first kappa shape index (κ1) is 18.8. The smallest absolute Gasteiger partial charge is 0.421 e. The molecular formula is C21H21NO5. The van der Waals surface area contributed by atoms with Gasteiger partial charge in [-0.2, -0.15) is 0 Å². The Morgan fingerprint density at radius 2 is 1.63 bits per heavy atom. The number of para-hydroxylation sites is 1. The van der Waals surface area contributed by atoms with E-state index in [9.17, 15) is 19.5 Å². The van der Waals surface area contributed by atoms with E-state index < -0.39 is 35.4 Å². The first-order valence-electron chi connectivity index (χ1n) is 8.61. The molecule has 140 valence electrons. The van der Waals surface area contributed by atoms with Crippen LogP contribution in [0.1, 0.15) is 43.1 Å². The van der Waals surface area contributed by atoms with Crippen molar-refractivity contribution in [1.82, 2.24) is 0 Å². The number of carbonyl (C=O) groups excluding carboxylic acids is 3. The molecule has 0 saturated carbocycles. The molecule has 2 aromatic rings. The average Bonchev–Trinajstić information content (AvgIpc) is 2.82. The molecule has 2 aromatic carbocycles. The summed E-state index contributed by atoms with van der Waals surface area (Å²) >= 11 is 0. The van der Waals surface area contributed by atoms with Crippen molar-refractivity contribution in [3.8, 4) is 0 Å². The second kappa shape index (κ2) is 6.63. The molecule has 6 nitrogen and oxygen atoms in total. The largest absolute Gasteiger partial charge is 0.443 e. The van der Waals surface area contributed by atoms with Crippen molar-refractivity contribution in [3.63, 3.8) is 0 Å². The SMILES string of the molecule is CC(C)(C)OC(=O)N1C(=O)[C@@](O)(CC(=O)c2ccccc2)c2ccccc21. The summed E-state index contributed by atoms with van der Waals surface area (Å²) in [7, 11) is 0. The van der Waals surface area contributed by atoms with Crippen LogP contribution < -0.4 is 4.90 Å². The van der Waals surface area contributed by atoms with E-state index in [4.69, 9.17) is 4.74 Å². The number of amides is 2. The lowest BCUT2D eigenvalue weighted by molar-refractivity contribution is -0.135. The van der Waals surface area contributed by atoms with Crippen LogP contribution >= 0.6 is 0 Å². The van der Waals surface area contributed by atoms with Gasteiger partial charge in [0.25, 0.3) is 5.91 Å². The predicted molar refractivity (Wildman–Crippen MR) is 99.4 cm³/mol. The highest BCUT2D eigenvalue weighted by Crippen LogP contribution is 2.43. The first-order chi connectivity index (χ1) is 12.6. The standard InChI is InChI=1S/C21H21NO5/c1-20(2,3)27-19(25)22-16-12-8-7-11-15(16)21(26,18(22)24)13-17(23)14-9-5-4-6-10-14/h4-12,26H,13H2,1-3H3/t21-/m1/s1. The Bertz CT molecular complexity index is 900. The van der Waals surface area contributed by atoms with Gasteiger partial charge in [-0.15, -0.1) is 0 Å². The number of hydrogen-bond acceptors (Lipinski definition) is 5. The number of imide groups is 1. The molecule has 0 unspecified atom stereocenters. The number of rotatable bonds is 3. The van der Waals surface area contributed by atoms with E-state index in [-0.39, 0.29) is 11.3 Å². The summed E-state index contributed by atoms with van der Waals surface area (Å²) < 4.78 is 5.30. The number of hydrogen-bond donors (Lipinski definition) is 1. The minimum Gasteiger partial charge on any atom is -0.443 e. The van der Waals surface area contributed by atoms with Crippen molar-refractivity contribution in [3.05, 3.63) is 65.7 Å². The lowest BCUT2D eigenvalue weighted by Crippen LogP contribution is -2.46. The fourth-order valence-corrected chi connectivity index (χ4v) is 3.05. The van der Waals surface area contributed by atoms with E-state index in [1.807, 2.05) is 0 Å². The maximum absolute atomic E-state index is 13.0. The first-order valence-corrected chi connectivity index (χ1v) is 8.61. The molecule has 1 heterocycles. The lowest BCUT2D eigenvalue weighted by atomic mass is 9.88. The molecular weight excluding hydrogens is 346 g/mol. The van der Waals surface area contributed by atoms with Crippen molar-refractivity contribution in [2.24, 2.45) is 0 Å². The van der Waals surface area contributed by atoms with Crippen molar-refractivity contribution < 1.29 is 24.2 Å². The summed E-state index contributed by atoms with van der Waals surface area (Å²) in [4.78, 5) is 39.0. The predicted octanol–water partition coefficient (Wildman–Crippen LogP) is 3.43. The van der Waals surface area contributed by atoms with Crippen molar-refractivity contribution in [2.45, 2.75) is 38.4 Å². The molecule has 1 aliphatic heterocycles. The molecule has 27 heavy (non-hydrogen) atoms. The van der Waals surface area contributed by atoms with E-state index in [1.54, 1.807) is 69.3 Å². The molecule has 0 fully saturated rings. The van der Waals surface area contributed by atoms with Crippen molar-refractivity contribution in [1.29, 1.82) is 0 Å². The molecule has 2 amide bonds. The zero-order valence-corrected chi connectivity index (χ0v) is 15.4. The summed E-state index contributed by atoms with van der Waals surface area (Å²) in [5.41, 5.74) is -2.12. The number of benzene rings is 2. The van der Waals surface area contributed by atoms with Gasteiger partial charge in [-0.05, 0) is 26.8 Å². The maximum Gasteiger partial charge on any atom is 0.421 e. The van der Waals surface area contributed by atoms with Gasteiger partial charge in [-0.25, -0.2) is 9.69 Å². The van der Waals surface area contributed by atoms with Crippen LogP contribution in [0.25, 0.3) is 0 Å². The van der Waals surface area contributed by atoms with Crippen LogP contribution in [0, 0.1) is 0 Å². The summed E-state index contributed by atoms with van der Waals surface area (Å²) in [6.45, 7) is 5.05. The molecule has 6 heteroatoms. The van der Waals surface area contributed by atoms with Crippen LogP contribution in [0.3, 0.4) is 0 Å². The molecule has 0 bridgehead atoms. The third-order valence-electron chi connectivity index (χ3n) is 4.24. The number of ether oxygens (including phenoxy) is 1. The van der Waals surface area contributed by atoms with Gasteiger partial charge in [0.05, 0.1) is 12.1 Å². The normalized spacial score (nSPS) is 19.0. The molecule has 0 radical (unpaired) electrons. The summed E-state index contributed by atoms with van der Waals surface area (Å²) in [6.07, 6.45) is -1.35. The Balaban J connectivity index is 1.98. The van der Waals surface area contributed by atoms with E-state index in [2.05, 4.69) is 0 Å². The summed E-state index contributed by atoms with van der Waals surface area (Å²) in [6, 6.07) is 14.8. The van der Waals surface area contributed by atoms with E-state index >= 15 is 0 Å². The Hall–Kier alpha value is -2.99. The van der Waals surface area contributed by atoms with Gasteiger partial charge in [-0.3, -0.25) is 9.59 Å². The van der Waals surface area contributed by atoms with Gasteiger partial charge in [0.2, 0.25) is 0 Å². The molecule has 1 atom stereocenters. The highest BCUT2D eigenvalue weighted by atomic mass is 16.6. The highest BCUT2D eigenvalue weighted by molar-refractivity contribution is 6.21. The molecule has 0 saturated heterocycles. The van der Waals surface area contributed by atoms with Crippen LogP contribution in [-0.2, 0) is 15.1 Å². The lowest BCUT2D eigenvalue weighted by Gasteiger charge is -2.25. The summed E-state index contributed by atoms with van der Waals surface area (Å²) in [5.74, 6) is -1.28. The number of anilines is 1. The second-order valence-electron chi connectivity index (χ2n) is 7.46. The molecule has 1 N–H and O–H groups in total. The van der Waals surface area contributed by atoms with Gasteiger partial charge in [0.15, 0.2) is 11.4 Å². The number of fused-ring (bicyclic) bond motifs is 1. The zero-order valence-electron chi connectivity index (χ0n) is 15.4. The Morgan fingerprint density at radius 1 is 1.04 bits per heavy atom.